The van der Waals surface area contributed by atoms with Gasteiger partial charge in [0, 0.05) is 37.1 Å². The third-order valence-corrected chi connectivity index (χ3v) is 6.88. The van der Waals surface area contributed by atoms with Crippen molar-refractivity contribution in [1.29, 1.82) is 5.26 Å². The predicted molar refractivity (Wildman–Crippen MR) is 112 cm³/mol. The molecule has 2 aliphatic rings. The van der Waals surface area contributed by atoms with Crippen LogP contribution in [0.2, 0.25) is 0 Å². The molecular weight excluding hydrogens is 386 g/mol. The molecule has 1 fully saturated rings. The van der Waals surface area contributed by atoms with E-state index in [0.717, 1.165) is 68.4 Å². The minimum absolute atomic E-state index is 0.0304. The number of carbonyl (C=O) groups is 1. The molecule has 0 spiro atoms. The molecule has 1 aliphatic heterocycles. The summed E-state index contributed by atoms with van der Waals surface area (Å²) in [6, 6.07) is 4.30. The van der Waals surface area contributed by atoms with Crippen LogP contribution in [0.4, 0.5) is 5.00 Å². The summed E-state index contributed by atoms with van der Waals surface area (Å²) in [4.78, 5) is 18.4. The molecule has 1 saturated heterocycles. The molecule has 154 valence electrons. The number of nitriles is 1. The molecule has 2 aromatic rings. The average Bonchev–Trinajstić information content (AvgIpc) is 3.17. The summed E-state index contributed by atoms with van der Waals surface area (Å²) in [6.07, 6.45) is 5.50. The number of hydrogen-bond donors (Lipinski definition) is 1. The van der Waals surface area contributed by atoms with Crippen molar-refractivity contribution < 1.29 is 9.32 Å². The molecule has 0 unspecified atom stereocenters. The molecule has 0 saturated carbocycles. The quantitative estimate of drug-likeness (QED) is 0.759. The summed E-state index contributed by atoms with van der Waals surface area (Å²) in [6.45, 7) is 6.51. The summed E-state index contributed by atoms with van der Waals surface area (Å²) in [5.74, 6) is 0.854. The molecule has 7 nitrogen and oxygen atoms in total. The Labute approximate surface area is 175 Å². The third kappa shape index (κ3) is 4.86. The highest BCUT2D eigenvalue weighted by Gasteiger charge is 2.23. The standard InChI is InChI=1S/C21H27N5O2S/c1-15-11-16(28-24-15)13-25-7-9-26(10-8-25)14-20(27)23-21-18(12-22)17-5-3-2-4-6-19(17)29-21/h11H,2-10,13-14H2,1H3,(H,23,27). The molecule has 1 amide bonds. The number of amides is 1. The molecule has 4 rings (SSSR count). The normalized spacial score (nSPS) is 18.1. The van der Waals surface area contributed by atoms with Gasteiger partial charge in [-0.1, -0.05) is 11.6 Å². The van der Waals surface area contributed by atoms with Gasteiger partial charge in [-0.05, 0) is 38.2 Å². The highest BCUT2D eigenvalue weighted by molar-refractivity contribution is 7.16. The van der Waals surface area contributed by atoms with Gasteiger partial charge in [0.05, 0.1) is 24.3 Å². The van der Waals surface area contributed by atoms with Gasteiger partial charge in [0.25, 0.3) is 0 Å². The van der Waals surface area contributed by atoms with Crippen LogP contribution < -0.4 is 5.32 Å². The van der Waals surface area contributed by atoms with Crippen LogP contribution >= 0.6 is 11.3 Å². The Kier molecular flexibility index (Phi) is 6.28. The number of fused-ring (bicyclic) bond motifs is 1. The van der Waals surface area contributed by atoms with Gasteiger partial charge >= 0.3 is 0 Å². The fourth-order valence-corrected chi connectivity index (χ4v) is 5.39. The molecule has 1 N–H and O–H groups in total. The van der Waals surface area contributed by atoms with E-state index in [-0.39, 0.29) is 5.91 Å². The first-order chi connectivity index (χ1) is 14.1. The first kappa shape index (κ1) is 20.1. The fourth-order valence-electron chi connectivity index (χ4n) is 4.13. The Balaban J connectivity index is 1.29. The first-order valence-corrected chi connectivity index (χ1v) is 11.2. The van der Waals surface area contributed by atoms with E-state index in [2.05, 4.69) is 26.3 Å². The van der Waals surface area contributed by atoms with E-state index in [4.69, 9.17) is 4.52 Å². The van der Waals surface area contributed by atoms with Crippen molar-refractivity contribution in [1.82, 2.24) is 15.0 Å². The van der Waals surface area contributed by atoms with Gasteiger partial charge in [0.15, 0.2) is 5.76 Å². The lowest BCUT2D eigenvalue weighted by Gasteiger charge is -2.33. The van der Waals surface area contributed by atoms with E-state index < -0.39 is 0 Å². The number of aromatic nitrogens is 1. The molecule has 3 heterocycles. The lowest BCUT2D eigenvalue weighted by molar-refractivity contribution is -0.117. The maximum absolute atomic E-state index is 12.6. The zero-order valence-electron chi connectivity index (χ0n) is 16.9. The van der Waals surface area contributed by atoms with Gasteiger partial charge < -0.3 is 9.84 Å². The highest BCUT2D eigenvalue weighted by Crippen LogP contribution is 2.36. The molecule has 2 aromatic heterocycles. The second-order valence-electron chi connectivity index (χ2n) is 7.92. The van der Waals surface area contributed by atoms with Gasteiger partial charge in [-0.2, -0.15) is 5.26 Å². The lowest BCUT2D eigenvalue weighted by Crippen LogP contribution is -2.48. The second kappa shape index (κ2) is 9.08. The Morgan fingerprint density at radius 2 is 2.00 bits per heavy atom. The van der Waals surface area contributed by atoms with Crippen molar-refractivity contribution >= 4 is 22.2 Å². The molecule has 1 aliphatic carbocycles. The largest absolute Gasteiger partial charge is 0.360 e. The summed E-state index contributed by atoms with van der Waals surface area (Å²) in [5.41, 5.74) is 2.76. The number of hydrogen-bond acceptors (Lipinski definition) is 7. The van der Waals surface area contributed by atoms with E-state index in [0.29, 0.717) is 12.1 Å². The number of nitrogens with one attached hydrogen (secondary N) is 1. The van der Waals surface area contributed by atoms with Gasteiger partial charge in [-0.15, -0.1) is 11.3 Å². The molecule has 8 heteroatoms. The number of thiophene rings is 1. The van der Waals surface area contributed by atoms with Gasteiger partial charge in [0.1, 0.15) is 11.1 Å². The monoisotopic (exact) mass is 413 g/mol. The number of piperazine rings is 1. The van der Waals surface area contributed by atoms with Gasteiger partial charge in [-0.25, -0.2) is 0 Å². The predicted octanol–water partition coefficient (Wildman–Crippen LogP) is 2.94. The molecule has 0 bridgehead atoms. The van der Waals surface area contributed by atoms with Crippen molar-refractivity contribution in [3.8, 4) is 6.07 Å². The number of anilines is 1. The van der Waals surface area contributed by atoms with Crippen molar-refractivity contribution in [3.05, 3.63) is 33.5 Å². The van der Waals surface area contributed by atoms with Crippen LogP contribution in [0.15, 0.2) is 10.6 Å². The van der Waals surface area contributed by atoms with Gasteiger partial charge in [0.2, 0.25) is 5.91 Å². The number of aryl methyl sites for hydroxylation is 2. The maximum atomic E-state index is 12.6. The van der Waals surface area contributed by atoms with Crippen LogP contribution in [-0.4, -0.2) is 53.6 Å². The van der Waals surface area contributed by atoms with E-state index >= 15 is 0 Å². The van der Waals surface area contributed by atoms with Crippen LogP contribution in [-0.2, 0) is 24.2 Å². The second-order valence-corrected chi connectivity index (χ2v) is 9.02. The summed E-state index contributed by atoms with van der Waals surface area (Å²) in [7, 11) is 0. The SMILES string of the molecule is Cc1cc(CN2CCN(CC(=O)Nc3sc4c(c3C#N)CCCCC4)CC2)on1. The van der Waals surface area contributed by atoms with Crippen LogP contribution in [0.1, 0.15) is 46.7 Å². The Hall–Kier alpha value is -2.21. The zero-order chi connectivity index (χ0) is 20.2. The summed E-state index contributed by atoms with van der Waals surface area (Å²) in [5, 5.41) is 17.3. The average molecular weight is 414 g/mol. The number of nitrogens with zero attached hydrogens (tertiary/aromatic N) is 4. The maximum Gasteiger partial charge on any atom is 0.239 e. The van der Waals surface area contributed by atoms with Crippen LogP contribution in [0.5, 0.6) is 0 Å². The van der Waals surface area contributed by atoms with Crippen molar-refractivity contribution in [2.24, 2.45) is 0 Å². The van der Waals surface area contributed by atoms with E-state index in [1.165, 1.54) is 23.3 Å². The van der Waals surface area contributed by atoms with E-state index in [1.54, 1.807) is 11.3 Å². The summed E-state index contributed by atoms with van der Waals surface area (Å²) < 4.78 is 5.29. The van der Waals surface area contributed by atoms with Crippen LogP contribution in [0.3, 0.4) is 0 Å². The van der Waals surface area contributed by atoms with Crippen LogP contribution in [0.25, 0.3) is 0 Å². The van der Waals surface area contributed by atoms with Crippen LogP contribution in [0, 0.1) is 18.3 Å². The molecule has 0 aromatic carbocycles. The topological polar surface area (TPSA) is 85.4 Å². The Morgan fingerprint density at radius 3 is 2.72 bits per heavy atom. The molecular formula is C21H27N5O2S. The van der Waals surface area contributed by atoms with E-state index in [1.807, 2.05) is 13.0 Å². The molecule has 0 atom stereocenters. The van der Waals surface area contributed by atoms with E-state index in [9.17, 15) is 10.1 Å². The fraction of sp³-hybridized carbons (Fsp3) is 0.571. The summed E-state index contributed by atoms with van der Waals surface area (Å²) >= 11 is 1.60. The third-order valence-electron chi connectivity index (χ3n) is 5.67. The first-order valence-electron chi connectivity index (χ1n) is 10.3. The lowest BCUT2D eigenvalue weighted by atomic mass is 10.1. The Bertz CT molecular complexity index is 905. The smallest absolute Gasteiger partial charge is 0.239 e. The minimum Gasteiger partial charge on any atom is -0.360 e. The number of carbonyl (C=O) groups excluding carboxylic acids is 1. The Morgan fingerprint density at radius 1 is 1.24 bits per heavy atom. The van der Waals surface area contributed by atoms with Crippen molar-refractivity contribution in [3.63, 3.8) is 0 Å². The molecule has 0 radical (unpaired) electrons. The number of rotatable bonds is 5. The van der Waals surface area contributed by atoms with Crippen molar-refractivity contribution in [2.45, 2.75) is 45.6 Å². The van der Waals surface area contributed by atoms with Crippen molar-refractivity contribution in [2.75, 3.05) is 38.0 Å². The highest BCUT2D eigenvalue weighted by atomic mass is 32.1. The van der Waals surface area contributed by atoms with Gasteiger partial charge in [-0.3, -0.25) is 14.6 Å². The molecule has 29 heavy (non-hydrogen) atoms. The minimum atomic E-state index is -0.0304. The zero-order valence-corrected chi connectivity index (χ0v) is 17.7.